The van der Waals surface area contributed by atoms with E-state index in [-0.39, 0.29) is 23.7 Å². The number of anilines is 2. The van der Waals surface area contributed by atoms with Gasteiger partial charge in [0.25, 0.3) is 0 Å². The van der Waals surface area contributed by atoms with E-state index in [1.54, 1.807) is 24.3 Å². The van der Waals surface area contributed by atoms with E-state index in [2.05, 4.69) is 15.6 Å². The van der Waals surface area contributed by atoms with Crippen LogP contribution in [-0.4, -0.2) is 16.9 Å². The van der Waals surface area contributed by atoms with Crippen molar-refractivity contribution in [2.45, 2.75) is 13.0 Å². The number of imide groups is 1. The molecule has 0 fully saturated rings. The highest BCUT2D eigenvalue weighted by Crippen LogP contribution is 2.27. The Bertz CT molecular complexity index is 1360. The second-order valence-corrected chi connectivity index (χ2v) is 7.76. The first-order valence-electron chi connectivity index (χ1n) is 11.0. The minimum Gasteiger partial charge on any atom is -0.489 e. The van der Waals surface area contributed by atoms with Gasteiger partial charge >= 0.3 is 6.03 Å². The molecule has 0 spiro atoms. The van der Waals surface area contributed by atoms with Crippen molar-refractivity contribution in [1.29, 1.82) is 0 Å². The molecule has 182 valence electrons. The summed E-state index contributed by atoms with van der Waals surface area (Å²) in [6, 6.07) is 22.9. The van der Waals surface area contributed by atoms with E-state index in [0.29, 0.717) is 23.7 Å². The van der Waals surface area contributed by atoms with Crippen LogP contribution in [0.4, 0.5) is 20.7 Å². The van der Waals surface area contributed by atoms with Crippen molar-refractivity contribution < 1.29 is 23.5 Å². The van der Waals surface area contributed by atoms with Crippen molar-refractivity contribution in [3.05, 3.63) is 108 Å². The van der Waals surface area contributed by atoms with Crippen LogP contribution in [0.15, 0.2) is 91.1 Å². The zero-order valence-corrected chi connectivity index (χ0v) is 19.1. The summed E-state index contributed by atoms with van der Waals surface area (Å²) in [5, 5.41) is 4.66. The van der Waals surface area contributed by atoms with Crippen LogP contribution in [0, 0.1) is 5.82 Å². The van der Waals surface area contributed by atoms with Gasteiger partial charge in [0.1, 0.15) is 23.9 Å². The predicted molar refractivity (Wildman–Crippen MR) is 133 cm³/mol. The molecule has 0 radical (unpaired) electrons. The summed E-state index contributed by atoms with van der Waals surface area (Å²) < 4.78 is 25.6. The van der Waals surface area contributed by atoms with Gasteiger partial charge in [-0.15, -0.1) is 0 Å². The Labute approximate surface area is 206 Å². The number of ether oxygens (including phenoxy) is 2. The molecule has 9 heteroatoms. The number of nitrogen functional groups attached to an aromatic ring is 1. The molecule has 0 aliphatic heterocycles. The number of pyridine rings is 1. The van der Waals surface area contributed by atoms with Crippen molar-refractivity contribution >= 4 is 23.4 Å². The molecule has 1 aromatic heterocycles. The summed E-state index contributed by atoms with van der Waals surface area (Å²) >= 11 is 0. The molecule has 0 atom stereocenters. The smallest absolute Gasteiger partial charge is 0.325 e. The Balaban J connectivity index is 1.28. The number of nitrogens with one attached hydrogen (secondary N) is 2. The number of rotatable bonds is 8. The number of benzene rings is 3. The quantitative estimate of drug-likeness (QED) is 0.320. The maximum Gasteiger partial charge on any atom is 0.325 e. The van der Waals surface area contributed by atoms with E-state index >= 15 is 0 Å². The largest absolute Gasteiger partial charge is 0.489 e. The first-order chi connectivity index (χ1) is 17.4. The lowest BCUT2D eigenvalue weighted by Gasteiger charge is -2.11. The lowest BCUT2D eigenvalue weighted by molar-refractivity contribution is -0.119. The van der Waals surface area contributed by atoms with Crippen LogP contribution in [0.2, 0.25) is 0 Å². The molecule has 0 saturated heterocycles. The third-order valence-electron chi connectivity index (χ3n) is 4.93. The SMILES string of the molecule is Nc1cc(Oc2ccc(NC(=O)NC(=O)Cc3cccc(OCc4ccccc4)c3)cc2F)ccn1. The monoisotopic (exact) mass is 486 g/mol. The number of halogens is 1. The third-order valence-corrected chi connectivity index (χ3v) is 4.93. The highest BCUT2D eigenvalue weighted by atomic mass is 19.1. The van der Waals surface area contributed by atoms with E-state index in [4.69, 9.17) is 15.2 Å². The second-order valence-electron chi connectivity index (χ2n) is 7.76. The van der Waals surface area contributed by atoms with E-state index in [1.165, 1.54) is 30.5 Å². The first kappa shape index (κ1) is 24.2. The van der Waals surface area contributed by atoms with Gasteiger partial charge in [-0.05, 0) is 41.5 Å². The molecular formula is C27H23FN4O4. The Kier molecular flexibility index (Phi) is 7.72. The highest BCUT2D eigenvalue weighted by Gasteiger charge is 2.12. The number of aromatic nitrogens is 1. The van der Waals surface area contributed by atoms with Crippen molar-refractivity contribution in [2.75, 3.05) is 11.1 Å². The van der Waals surface area contributed by atoms with Crippen LogP contribution in [-0.2, 0) is 17.8 Å². The van der Waals surface area contributed by atoms with Crippen molar-refractivity contribution in [2.24, 2.45) is 0 Å². The Hall–Kier alpha value is -4.92. The van der Waals surface area contributed by atoms with Gasteiger partial charge in [-0.25, -0.2) is 14.2 Å². The summed E-state index contributed by atoms with van der Waals surface area (Å²) in [6.07, 6.45) is 1.40. The summed E-state index contributed by atoms with van der Waals surface area (Å²) in [7, 11) is 0. The number of nitrogens with zero attached hydrogens (tertiary/aromatic N) is 1. The summed E-state index contributed by atoms with van der Waals surface area (Å²) in [5.41, 5.74) is 7.44. The maximum atomic E-state index is 14.4. The zero-order chi connectivity index (χ0) is 25.3. The topological polar surface area (TPSA) is 116 Å². The minimum absolute atomic E-state index is 0.0356. The maximum absolute atomic E-state index is 14.4. The zero-order valence-electron chi connectivity index (χ0n) is 19.1. The highest BCUT2D eigenvalue weighted by molar-refractivity contribution is 6.01. The van der Waals surface area contributed by atoms with Gasteiger partial charge in [0.2, 0.25) is 5.91 Å². The number of hydrogen-bond acceptors (Lipinski definition) is 6. The molecule has 0 saturated carbocycles. The second kappa shape index (κ2) is 11.5. The summed E-state index contributed by atoms with van der Waals surface area (Å²) in [5.74, 6) is -0.123. The molecule has 36 heavy (non-hydrogen) atoms. The van der Waals surface area contributed by atoms with Crippen molar-refractivity contribution in [3.63, 3.8) is 0 Å². The van der Waals surface area contributed by atoms with E-state index in [9.17, 15) is 14.0 Å². The van der Waals surface area contributed by atoms with Crippen LogP contribution in [0.5, 0.6) is 17.2 Å². The van der Waals surface area contributed by atoms with Gasteiger partial charge in [-0.3, -0.25) is 10.1 Å². The molecule has 3 aromatic carbocycles. The van der Waals surface area contributed by atoms with Crippen molar-refractivity contribution in [1.82, 2.24) is 10.3 Å². The van der Waals surface area contributed by atoms with Gasteiger partial charge in [-0.1, -0.05) is 42.5 Å². The van der Waals surface area contributed by atoms with Crippen LogP contribution >= 0.6 is 0 Å². The number of carbonyl (C=O) groups excluding carboxylic acids is 2. The Morgan fingerprint density at radius 2 is 1.69 bits per heavy atom. The number of nitrogens with two attached hydrogens (primary N) is 1. The normalized spacial score (nSPS) is 10.4. The molecule has 8 nitrogen and oxygen atoms in total. The lowest BCUT2D eigenvalue weighted by Crippen LogP contribution is -2.35. The van der Waals surface area contributed by atoms with E-state index < -0.39 is 17.8 Å². The fourth-order valence-corrected chi connectivity index (χ4v) is 3.28. The molecule has 0 aliphatic carbocycles. The minimum atomic E-state index is -0.786. The van der Waals surface area contributed by atoms with Gasteiger partial charge in [0, 0.05) is 24.0 Å². The van der Waals surface area contributed by atoms with Gasteiger partial charge in [-0.2, -0.15) is 0 Å². The molecular weight excluding hydrogens is 463 g/mol. The lowest BCUT2D eigenvalue weighted by atomic mass is 10.1. The number of carbonyl (C=O) groups is 2. The van der Waals surface area contributed by atoms with Crippen LogP contribution < -0.4 is 25.8 Å². The number of amides is 3. The Morgan fingerprint density at radius 3 is 2.47 bits per heavy atom. The van der Waals surface area contributed by atoms with Crippen LogP contribution in [0.3, 0.4) is 0 Å². The summed E-state index contributed by atoms with van der Waals surface area (Å²) in [4.78, 5) is 28.4. The average molecular weight is 487 g/mol. The van der Waals surface area contributed by atoms with Gasteiger partial charge in [0.15, 0.2) is 11.6 Å². The third kappa shape index (κ3) is 7.04. The standard InChI is InChI=1S/C27H23FN4O4/c28-23-15-20(9-10-24(23)36-22-11-12-30-25(29)16-22)31-27(34)32-26(33)14-19-7-4-8-21(13-19)35-17-18-5-2-1-3-6-18/h1-13,15-16H,14,17H2,(H2,29,30)(H2,31,32,33,34). The predicted octanol–water partition coefficient (Wildman–Crippen LogP) is 5.07. The molecule has 4 rings (SSSR count). The molecule has 0 bridgehead atoms. The van der Waals surface area contributed by atoms with Gasteiger partial charge in [0.05, 0.1) is 6.42 Å². The molecule has 4 N–H and O–H groups in total. The van der Waals surface area contributed by atoms with E-state index in [0.717, 1.165) is 11.6 Å². The number of urea groups is 1. The summed E-state index contributed by atoms with van der Waals surface area (Å²) in [6.45, 7) is 0.399. The van der Waals surface area contributed by atoms with Crippen LogP contribution in [0.1, 0.15) is 11.1 Å². The van der Waals surface area contributed by atoms with Gasteiger partial charge < -0.3 is 20.5 Å². The molecule has 3 amide bonds. The Morgan fingerprint density at radius 1 is 0.889 bits per heavy atom. The fourth-order valence-electron chi connectivity index (χ4n) is 3.28. The number of hydrogen-bond donors (Lipinski definition) is 3. The van der Waals surface area contributed by atoms with E-state index in [1.807, 2.05) is 30.3 Å². The van der Waals surface area contributed by atoms with Crippen LogP contribution in [0.25, 0.3) is 0 Å². The molecule has 0 unspecified atom stereocenters. The fraction of sp³-hybridized carbons (Fsp3) is 0.0741. The molecule has 0 aliphatic rings. The first-order valence-corrected chi connectivity index (χ1v) is 11.0. The average Bonchev–Trinajstić information content (AvgIpc) is 2.85. The molecule has 1 heterocycles. The van der Waals surface area contributed by atoms with Crippen molar-refractivity contribution in [3.8, 4) is 17.2 Å². The molecule has 4 aromatic rings.